The fraction of sp³-hybridized carbons (Fsp3) is 0.182. The molecule has 102 valence electrons. The Labute approximate surface area is 123 Å². The van der Waals surface area contributed by atoms with Gasteiger partial charge in [-0.25, -0.2) is 4.98 Å². The molecular formula is C11H10ClN7S. The van der Waals surface area contributed by atoms with E-state index in [1.807, 2.05) is 5.38 Å². The molecule has 1 N–H and O–H groups in total. The zero-order chi connectivity index (χ0) is 13.9. The van der Waals surface area contributed by atoms with E-state index in [2.05, 4.69) is 43.3 Å². The Kier molecular flexibility index (Phi) is 3.57. The van der Waals surface area contributed by atoms with Gasteiger partial charge in [0.25, 0.3) is 5.95 Å². The van der Waals surface area contributed by atoms with Crippen molar-refractivity contribution in [3.8, 4) is 5.95 Å². The van der Waals surface area contributed by atoms with E-state index in [-0.39, 0.29) is 5.28 Å². The second-order valence-corrected chi connectivity index (χ2v) is 5.29. The maximum absolute atomic E-state index is 5.90. The second kappa shape index (κ2) is 5.51. The van der Waals surface area contributed by atoms with Gasteiger partial charge in [0.05, 0.1) is 6.54 Å². The number of aromatic nitrogens is 6. The summed E-state index contributed by atoms with van der Waals surface area (Å²) in [5, 5.41) is 9.25. The van der Waals surface area contributed by atoms with Crippen molar-refractivity contribution in [2.45, 2.75) is 13.5 Å². The molecule has 0 fully saturated rings. The summed E-state index contributed by atoms with van der Waals surface area (Å²) in [6, 6.07) is 2.07. The lowest BCUT2D eigenvalue weighted by Crippen LogP contribution is -2.09. The van der Waals surface area contributed by atoms with Crippen molar-refractivity contribution < 1.29 is 0 Å². The highest BCUT2D eigenvalue weighted by Gasteiger charge is 2.08. The van der Waals surface area contributed by atoms with Crippen molar-refractivity contribution in [2.24, 2.45) is 0 Å². The number of thiophene rings is 1. The van der Waals surface area contributed by atoms with Crippen LogP contribution in [0.1, 0.15) is 10.4 Å². The van der Waals surface area contributed by atoms with Gasteiger partial charge in [-0.05, 0) is 35.5 Å². The first-order valence-electron chi connectivity index (χ1n) is 5.76. The van der Waals surface area contributed by atoms with Crippen molar-refractivity contribution in [3.63, 3.8) is 0 Å². The molecule has 0 aromatic carbocycles. The second-order valence-electron chi connectivity index (χ2n) is 3.95. The highest BCUT2D eigenvalue weighted by atomic mass is 35.5. The fourth-order valence-corrected chi connectivity index (χ4v) is 2.58. The number of aryl methyl sites for hydroxylation is 1. The van der Waals surface area contributed by atoms with E-state index in [9.17, 15) is 0 Å². The molecule has 3 rings (SSSR count). The van der Waals surface area contributed by atoms with Crippen molar-refractivity contribution in [1.82, 2.24) is 29.7 Å². The van der Waals surface area contributed by atoms with Crippen molar-refractivity contribution in [1.29, 1.82) is 0 Å². The maximum atomic E-state index is 5.90. The Morgan fingerprint density at radius 1 is 1.35 bits per heavy atom. The molecule has 0 aliphatic rings. The number of hydrogen-bond donors (Lipinski definition) is 1. The number of rotatable bonds is 4. The van der Waals surface area contributed by atoms with Gasteiger partial charge < -0.3 is 5.32 Å². The highest BCUT2D eigenvalue weighted by molar-refractivity contribution is 7.10. The van der Waals surface area contributed by atoms with Gasteiger partial charge in [-0.15, -0.1) is 11.3 Å². The highest BCUT2D eigenvalue weighted by Crippen LogP contribution is 2.17. The normalized spacial score (nSPS) is 10.7. The molecule has 0 saturated carbocycles. The first kappa shape index (κ1) is 12.9. The quantitative estimate of drug-likeness (QED) is 0.795. The van der Waals surface area contributed by atoms with Crippen LogP contribution in [0.3, 0.4) is 0 Å². The summed E-state index contributed by atoms with van der Waals surface area (Å²) < 4.78 is 1.43. The average Bonchev–Trinajstić information content (AvgIpc) is 3.07. The van der Waals surface area contributed by atoms with E-state index < -0.39 is 0 Å². The summed E-state index contributed by atoms with van der Waals surface area (Å²) in [6.45, 7) is 2.70. The zero-order valence-electron chi connectivity index (χ0n) is 10.5. The van der Waals surface area contributed by atoms with Gasteiger partial charge in [-0.2, -0.15) is 24.7 Å². The van der Waals surface area contributed by atoms with Crippen molar-refractivity contribution in [2.75, 3.05) is 5.32 Å². The standard InChI is InChI=1S/C11H10ClN7S/c1-7-2-3-20-8(7)4-14-10-16-9(12)17-11(18-10)19-6-13-5-15-19/h2-3,5-6H,4H2,1H3,(H,14,16,17,18). The lowest BCUT2D eigenvalue weighted by atomic mass is 10.3. The molecule has 0 unspecified atom stereocenters. The number of nitrogens with one attached hydrogen (secondary N) is 1. The molecule has 0 radical (unpaired) electrons. The van der Waals surface area contributed by atoms with Crippen molar-refractivity contribution in [3.05, 3.63) is 39.8 Å². The molecule has 9 heteroatoms. The SMILES string of the molecule is Cc1ccsc1CNc1nc(Cl)nc(-n2cncn2)n1. The lowest BCUT2D eigenvalue weighted by molar-refractivity contribution is 0.793. The average molecular weight is 308 g/mol. The number of hydrogen-bond acceptors (Lipinski definition) is 7. The minimum atomic E-state index is 0.107. The molecule has 20 heavy (non-hydrogen) atoms. The van der Waals surface area contributed by atoms with Crippen molar-refractivity contribution >= 4 is 28.9 Å². The van der Waals surface area contributed by atoms with Crippen LogP contribution in [0.5, 0.6) is 0 Å². The van der Waals surface area contributed by atoms with Crippen LogP contribution in [-0.4, -0.2) is 29.7 Å². The monoisotopic (exact) mass is 307 g/mol. The molecule has 3 aromatic heterocycles. The van der Waals surface area contributed by atoms with Crippen LogP contribution in [0.2, 0.25) is 5.28 Å². The fourth-order valence-electron chi connectivity index (χ4n) is 1.58. The third kappa shape index (κ3) is 2.75. The molecule has 0 spiro atoms. The van der Waals surface area contributed by atoms with Gasteiger partial charge in [-0.3, -0.25) is 0 Å². The van der Waals surface area contributed by atoms with Gasteiger partial charge in [-0.1, -0.05) is 0 Å². The van der Waals surface area contributed by atoms with Crippen LogP contribution in [0, 0.1) is 6.92 Å². The third-order valence-electron chi connectivity index (χ3n) is 2.60. The van der Waals surface area contributed by atoms with E-state index in [0.717, 1.165) is 0 Å². The first-order valence-corrected chi connectivity index (χ1v) is 7.01. The minimum Gasteiger partial charge on any atom is -0.349 e. The third-order valence-corrected chi connectivity index (χ3v) is 3.79. The van der Waals surface area contributed by atoms with Crippen LogP contribution < -0.4 is 5.32 Å². The summed E-state index contributed by atoms with van der Waals surface area (Å²) in [5.41, 5.74) is 1.24. The molecule has 0 saturated heterocycles. The topological polar surface area (TPSA) is 81.4 Å². The summed E-state index contributed by atoms with van der Waals surface area (Å²) in [4.78, 5) is 17.4. The lowest BCUT2D eigenvalue weighted by Gasteiger charge is -2.06. The smallest absolute Gasteiger partial charge is 0.258 e. The van der Waals surface area contributed by atoms with Crippen LogP contribution >= 0.6 is 22.9 Å². The molecule has 0 bridgehead atoms. The van der Waals surface area contributed by atoms with E-state index in [1.54, 1.807) is 11.3 Å². The van der Waals surface area contributed by atoms with Crippen LogP contribution in [0.25, 0.3) is 5.95 Å². The number of nitrogens with zero attached hydrogens (tertiary/aromatic N) is 6. The molecule has 3 heterocycles. The van der Waals surface area contributed by atoms with Crippen LogP contribution in [0.4, 0.5) is 5.95 Å². The molecule has 0 aliphatic carbocycles. The summed E-state index contributed by atoms with van der Waals surface area (Å²) in [5.74, 6) is 0.733. The number of halogens is 1. The van der Waals surface area contributed by atoms with E-state index in [1.165, 1.54) is 27.8 Å². The molecular weight excluding hydrogens is 298 g/mol. The zero-order valence-corrected chi connectivity index (χ0v) is 12.1. The predicted octanol–water partition coefficient (Wildman–Crippen LogP) is 2.09. The van der Waals surface area contributed by atoms with Gasteiger partial charge in [0.15, 0.2) is 0 Å². The molecule has 0 atom stereocenters. The number of anilines is 1. The van der Waals surface area contributed by atoms with Crippen LogP contribution in [-0.2, 0) is 6.54 Å². The van der Waals surface area contributed by atoms with Crippen LogP contribution in [0.15, 0.2) is 24.1 Å². The van der Waals surface area contributed by atoms with Gasteiger partial charge in [0.2, 0.25) is 11.2 Å². The largest absolute Gasteiger partial charge is 0.349 e. The van der Waals surface area contributed by atoms with E-state index in [4.69, 9.17) is 11.6 Å². The Hall–Kier alpha value is -2.06. The van der Waals surface area contributed by atoms with E-state index >= 15 is 0 Å². The Balaban J connectivity index is 1.81. The predicted molar refractivity (Wildman–Crippen MR) is 76.1 cm³/mol. The Morgan fingerprint density at radius 2 is 2.25 bits per heavy atom. The molecule has 3 aromatic rings. The first-order chi connectivity index (χ1) is 9.72. The van der Waals surface area contributed by atoms with Gasteiger partial charge >= 0.3 is 0 Å². The Morgan fingerprint density at radius 3 is 2.95 bits per heavy atom. The summed E-state index contributed by atoms with van der Waals surface area (Å²) in [6.07, 6.45) is 2.90. The maximum Gasteiger partial charge on any atom is 0.258 e. The molecule has 7 nitrogen and oxygen atoms in total. The molecule has 0 amide bonds. The Bertz CT molecular complexity index is 709. The summed E-state index contributed by atoms with van der Waals surface area (Å²) >= 11 is 7.58. The van der Waals surface area contributed by atoms with Gasteiger partial charge in [0, 0.05) is 4.88 Å². The molecule has 0 aliphatic heterocycles. The van der Waals surface area contributed by atoms with E-state index in [0.29, 0.717) is 18.4 Å². The minimum absolute atomic E-state index is 0.107. The summed E-state index contributed by atoms with van der Waals surface area (Å²) in [7, 11) is 0. The van der Waals surface area contributed by atoms with Gasteiger partial charge in [0.1, 0.15) is 12.7 Å².